The summed E-state index contributed by atoms with van der Waals surface area (Å²) in [6.45, 7) is 0.690. The Kier molecular flexibility index (Phi) is 8.91. The molecule has 27 heavy (non-hydrogen) atoms. The molecule has 1 amide bonds. The van der Waals surface area contributed by atoms with Crippen molar-refractivity contribution in [2.24, 2.45) is 0 Å². The fourth-order valence-corrected chi connectivity index (χ4v) is 2.18. The third-order valence-corrected chi connectivity index (χ3v) is 3.42. The van der Waals surface area contributed by atoms with Crippen LogP contribution in [0.2, 0.25) is 5.02 Å². The van der Waals surface area contributed by atoms with Crippen molar-refractivity contribution in [3.05, 3.63) is 64.9 Å². The van der Waals surface area contributed by atoms with Crippen LogP contribution in [-0.2, 0) is 20.9 Å². The number of amides is 1. The van der Waals surface area contributed by atoms with Gasteiger partial charge in [-0.05, 0) is 36.9 Å². The van der Waals surface area contributed by atoms with E-state index in [0.717, 1.165) is 5.56 Å². The summed E-state index contributed by atoms with van der Waals surface area (Å²) in [6.07, 6.45) is 0. The van der Waals surface area contributed by atoms with Gasteiger partial charge < -0.3 is 15.5 Å². The highest BCUT2D eigenvalue weighted by Gasteiger charge is 2.09. The second kappa shape index (κ2) is 10.9. The number of halogens is 2. The lowest BCUT2D eigenvalue weighted by molar-refractivity contribution is -0.159. The number of aliphatic carboxylic acids is 2. The van der Waals surface area contributed by atoms with Crippen molar-refractivity contribution in [3.8, 4) is 0 Å². The number of carboxylic acids is 2. The highest BCUT2D eigenvalue weighted by Crippen LogP contribution is 2.20. The summed E-state index contributed by atoms with van der Waals surface area (Å²) in [7, 11) is 1.80. The molecule has 2 aromatic carbocycles. The fourth-order valence-electron chi connectivity index (χ4n) is 2.00. The number of benzene rings is 2. The van der Waals surface area contributed by atoms with Gasteiger partial charge in [-0.15, -0.1) is 0 Å². The standard InChI is InChI=1S/C16H16ClFN2O.C2H2O4/c1-20(10-12-5-4-6-13(18)9-12)11-16(21)19-15-8-3-2-7-14(15)17;3-1(4)2(5)6/h2-9H,10-11H2,1H3,(H,19,21);(H,3,4)(H,5,6). The van der Waals surface area contributed by atoms with Gasteiger partial charge >= 0.3 is 11.9 Å². The Bertz CT molecular complexity index is 804. The first-order valence-electron chi connectivity index (χ1n) is 7.62. The Morgan fingerprint density at radius 3 is 2.26 bits per heavy atom. The number of carboxylic acid groups (broad SMARTS) is 2. The zero-order chi connectivity index (χ0) is 20.4. The number of para-hydroxylation sites is 1. The SMILES string of the molecule is CN(CC(=O)Nc1ccccc1Cl)Cc1cccc(F)c1.O=C(O)C(=O)O. The maximum absolute atomic E-state index is 13.1. The zero-order valence-electron chi connectivity index (χ0n) is 14.4. The molecule has 0 radical (unpaired) electrons. The minimum atomic E-state index is -1.82. The zero-order valence-corrected chi connectivity index (χ0v) is 15.1. The highest BCUT2D eigenvalue weighted by molar-refractivity contribution is 6.33. The lowest BCUT2D eigenvalue weighted by Crippen LogP contribution is -2.29. The van der Waals surface area contributed by atoms with Crippen molar-refractivity contribution in [2.75, 3.05) is 18.9 Å². The van der Waals surface area contributed by atoms with Gasteiger partial charge in [0.1, 0.15) is 5.82 Å². The molecule has 144 valence electrons. The van der Waals surface area contributed by atoms with Crippen LogP contribution in [0.4, 0.5) is 10.1 Å². The van der Waals surface area contributed by atoms with E-state index >= 15 is 0 Å². The minimum absolute atomic E-state index is 0.165. The summed E-state index contributed by atoms with van der Waals surface area (Å²) in [6, 6.07) is 13.4. The predicted octanol–water partition coefficient (Wildman–Crippen LogP) is 2.71. The second-order valence-corrected chi connectivity index (χ2v) is 5.85. The number of nitrogens with one attached hydrogen (secondary N) is 1. The van der Waals surface area contributed by atoms with Gasteiger partial charge in [0.25, 0.3) is 0 Å². The number of nitrogens with zero attached hydrogens (tertiary/aromatic N) is 1. The van der Waals surface area contributed by atoms with Crippen LogP contribution in [0, 0.1) is 5.82 Å². The number of hydrogen-bond acceptors (Lipinski definition) is 4. The van der Waals surface area contributed by atoms with Gasteiger partial charge in [0.15, 0.2) is 0 Å². The molecular weight excluding hydrogens is 379 g/mol. The van der Waals surface area contributed by atoms with Gasteiger partial charge in [-0.25, -0.2) is 14.0 Å². The van der Waals surface area contributed by atoms with Crippen LogP contribution in [0.5, 0.6) is 0 Å². The summed E-state index contributed by atoms with van der Waals surface area (Å²) in [5.74, 6) is -4.09. The number of likely N-dealkylation sites (N-methyl/N-ethyl adjacent to an activating group) is 1. The first-order chi connectivity index (χ1) is 12.7. The van der Waals surface area contributed by atoms with Gasteiger partial charge in [-0.2, -0.15) is 0 Å². The molecule has 0 saturated heterocycles. The molecule has 0 bridgehead atoms. The molecule has 0 unspecified atom stereocenters. The minimum Gasteiger partial charge on any atom is -0.473 e. The van der Waals surface area contributed by atoms with Crippen LogP contribution in [0.3, 0.4) is 0 Å². The maximum Gasteiger partial charge on any atom is 0.414 e. The molecule has 0 aliphatic carbocycles. The predicted molar refractivity (Wildman–Crippen MR) is 98.1 cm³/mol. The largest absolute Gasteiger partial charge is 0.473 e. The van der Waals surface area contributed by atoms with E-state index in [1.54, 1.807) is 42.3 Å². The van der Waals surface area contributed by atoms with Crippen LogP contribution < -0.4 is 5.32 Å². The van der Waals surface area contributed by atoms with E-state index in [1.165, 1.54) is 12.1 Å². The van der Waals surface area contributed by atoms with E-state index in [-0.39, 0.29) is 18.3 Å². The number of anilines is 1. The third-order valence-electron chi connectivity index (χ3n) is 3.09. The van der Waals surface area contributed by atoms with E-state index in [1.807, 2.05) is 6.07 Å². The molecule has 3 N–H and O–H groups in total. The molecular formula is C18H18ClFN2O5. The van der Waals surface area contributed by atoms with Crippen LogP contribution in [0.1, 0.15) is 5.56 Å². The van der Waals surface area contributed by atoms with Gasteiger partial charge in [0.05, 0.1) is 17.3 Å². The Labute approximate surface area is 160 Å². The van der Waals surface area contributed by atoms with E-state index in [0.29, 0.717) is 17.3 Å². The first-order valence-corrected chi connectivity index (χ1v) is 8.00. The molecule has 7 nitrogen and oxygen atoms in total. The molecule has 0 saturated carbocycles. The molecule has 0 spiro atoms. The van der Waals surface area contributed by atoms with E-state index in [9.17, 15) is 9.18 Å². The molecule has 0 heterocycles. The Morgan fingerprint density at radius 2 is 1.70 bits per heavy atom. The maximum atomic E-state index is 13.1. The average molecular weight is 397 g/mol. The van der Waals surface area contributed by atoms with Crippen molar-refractivity contribution in [1.29, 1.82) is 0 Å². The van der Waals surface area contributed by atoms with Crippen molar-refractivity contribution in [2.45, 2.75) is 6.54 Å². The van der Waals surface area contributed by atoms with Gasteiger partial charge in [-0.1, -0.05) is 35.9 Å². The highest BCUT2D eigenvalue weighted by atomic mass is 35.5. The van der Waals surface area contributed by atoms with Crippen LogP contribution in [-0.4, -0.2) is 46.6 Å². The molecule has 2 aromatic rings. The normalized spacial score (nSPS) is 9.93. The number of carbonyl (C=O) groups excluding carboxylic acids is 1. The van der Waals surface area contributed by atoms with Gasteiger partial charge in [0, 0.05) is 6.54 Å². The Balaban J connectivity index is 0.000000527. The third kappa shape index (κ3) is 8.80. The van der Waals surface area contributed by atoms with Crippen molar-refractivity contribution in [3.63, 3.8) is 0 Å². The first kappa shape index (κ1) is 22.1. The number of hydrogen-bond donors (Lipinski definition) is 3. The summed E-state index contributed by atoms with van der Waals surface area (Å²) in [4.78, 5) is 32.0. The summed E-state index contributed by atoms with van der Waals surface area (Å²) >= 11 is 5.98. The lowest BCUT2D eigenvalue weighted by atomic mass is 10.2. The number of rotatable bonds is 5. The lowest BCUT2D eigenvalue weighted by Gasteiger charge is -2.16. The average Bonchev–Trinajstić information content (AvgIpc) is 2.57. The molecule has 0 aromatic heterocycles. The van der Waals surface area contributed by atoms with Crippen molar-refractivity contribution in [1.82, 2.24) is 4.90 Å². The molecule has 0 fully saturated rings. The van der Waals surface area contributed by atoms with Crippen LogP contribution >= 0.6 is 11.6 Å². The molecule has 0 atom stereocenters. The quantitative estimate of drug-likeness (QED) is 0.671. The topological polar surface area (TPSA) is 107 Å². The Hall–Kier alpha value is -2.97. The number of carbonyl (C=O) groups is 3. The second-order valence-electron chi connectivity index (χ2n) is 5.44. The van der Waals surface area contributed by atoms with E-state index in [2.05, 4.69) is 5.32 Å². The summed E-state index contributed by atoms with van der Waals surface area (Å²) in [5, 5.41) is 18.0. The van der Waals surface area contributed by atoms with Crippen molar-refractivity contribution >= 4 is 35.1 Å². The molecule has 0 aliphatic heterocycles. The van der Waals surface area contributed by atoms with E-state index in [4.69, 9.17) is 31.4 Å². The van der Waals surface area contributed by atoms with Crippen molar-refractivity contribution < 1.29 is 29.0 Å². The smallest absolute Gasteiger partial charge is 0.414 e. The summed E-state index contributed by atoms with van der Waals surface area (Å²) < 4.78 is 13.1. The van der Waals surface area contributed by atoms with Crippen LogP contribution in [0.25, 0.3) is 0 Å². The van der Waals surface area contributed by atoms with E-state index < -0.39 is 11.9 Å². The Morgan fingerprint density at radius 1 is 1.07 bits per heavy atom. The van der Waals surface area contributed by atoms with Gasteiger partial charge in [0.2, 0.25) is 5.91 Å². The molecule has 9 heteroatoms. The van der Waals surface area contributed by atoms with Gasteiger partial charge in [-0.3, -0.25) is 9.69 Å². The molecule has 2 rings (SSSR count). The molecule has 0 aliphatic rings. The summed E-state index contributed by atoms with van der Waals surface area (Å²) in [5.41, 5.74) is 1.41. The fraction of sp³-hybridized carbons (Fsp3) is 0.167. The van der Waals surface area contributed by atoms with Crippen LogP contribution in [0.15, 0.2) is 48.5 Å². The monoisotopic (exact) mass is 396 g/mol.